The van der Waals surface area contributed by atoms with Crippen LogP contribution in [0.4, 0.5) is 0 Å². The molecular formula is C24H26ClN5O5. The van der Waals surface area contributed by atoms with Gasteiger partial charge in [-0.2, -0.15) is 0 Å². The van der Waals surface area contributed by atoms with Gasteiger partial charge in [0, 0.05) is 13.1 Å². The molecule has 35 heavy (non-hydrogen) atoms. The van der Waals surface area contributed by atoms with Gasteiger partial charge in [-0.3, -0.25) is 4.90 Å². The first-order valence-corrected chi connectivity index (χ1v) is 11.5. The molecule has 1 saturated heterocycles. The second kappa shape index (κ2) is 11.3. The van der Waals surface area contributed by atoms with Gasteiger partial charge in [0.15, 0.2) is 0 Å². The van der Waals surface area contributed by atoms with Gasteiger partial charge in [-0.25, -0.2) is 19.6 Å². The summed E-state index contributed by atoms with van der Waals surface area (Å²) in [5, 5.41) is 0. The van der Waals surface area contributed by atoms with E-state index in [0.717, 1.165) is 60.7 Å². The molecule has 0 amide bonds. The van der Waals surface area contributed by atoms with Crippen molar-refractivity contribution in [2.75, 3.05) is 40.5 Å². The van der Waals surface area contributed by atoms with Crippen LogP contribution in [0.25, 0.3) is 22.1 Å². The molecule has 2 aromatic heterocycles. The van der Waals surface area contributed by atoms with Crippen LogP contribution in [-0.2, 0) is 26.6 Å². The molecule has 11 heteroatoms. The minimum absolute atomic E-state index is 0.322. The number of alkyl halides is 1. The van der Waals surface area contributed by atoms with Crippen molar-refractivity contribution in [1.29, 1.82) is 0 Å². The molecule has 4 aromatic rings. The summed E-state index contributed by atoms with van der Waals surface area (Å²) in [6, 6.07) is 10.5. The molecule has 0 saturated carbocycles. The van der Waals surface area contributed by atoms with E-state index in [4.69, 9.17) is 21.1 Å². The Hall–Kier alpha value is -3.47. The normalized spacial score (nSPS) is 13.9. The molecule has 5 rings (SSSR count). The lowest BCUT2D eigenvalue weighted by Crippen LogP contribution is -2.35. The second-order valence-corrected chi connectivity index (χ2v) is 8.10. The quantitative estimate of drug-likeness (QED) is 0.317. The highest BCUT2D eigenvalue weighted by molar-refractivity contribution is 6.16. The number of aromatic amines is 2. The van der Waals surface area contributed by atoms with Crippen LogP contribution in [0.2, 0.25) is 0 Å². The standard InChI is InChI=1S/C14H17N3O3.C10H9ClN2O2/c1-19-14(18)10-2-3-11-12(8-10)16-13(15-11)9-17-4-6-20-7-5-17;1-15-10(14)6-2-3-7-8(4-6)13-9(5-11)12-7/h2-3,8H,4-7,9H2,1H3,(H,15,16);2-4H,5H2,1H3,(H,12,13). The number of nitrogens with zero attached hydrogens (tertiary/aromatic N) is 3. The number of carbonyl (C=O) groups is 2. The Labute approximate surface area is 206 Å². The third-order valence-electron chi connectivity index (χ3n) is 5.51. The molecule has 0 unspecified atom stereocenters. The maximum Gasteiger partial charge on any atom is 0.337 e. The first-order valence-electron chi connectivity index (χ1n) is 11.0. The van der Waals surface area contributed by atoms with Crippen LogP contribution in [0.1, 0.15) is 32.4 Å². The number of nitrogens with one attached hydrogen (secondary N) is 2. The predicted molar refractivity (Wildman–Crippen MR) is 131 cm³/mol. The number of hydrogen-bond donors (Lipinski definition) is 2. The van der Waals surface area contributed by atoms with Gasteiger partial charge in [0.25, 0.3) is 0 Å². The van der Waals surface area contributed by atoms with Crippen molar-refractivity contribution in [3.05, 3.63) is 59.2 Å². The number of carbonyl (C=O) groups excluding carboxylic acids is 2. The Morgan fingerprint density at radius 3 is 1.94 bits per heavy atom. The molecule has 1 aliphatic rings. The summed E-state index contributed by atoms with van der Waals surface area (Å²) in [4.78, 5) is 40.1. The molecule has 0 bridgehead atoms. The number of H-pyrrole nitrogens is 2. The van der Waals surface area contributed by atoms with Crippen molar-refractivity contribution in [2.24, 2.45) is 0 Å². The predicted octanol–water partition coefficient (Wildman–Crippen LogP) is 3.27. The summed E-state index contributed by atoms with van der Waals surface area (Å²) in [5.41, 5.74) is 4.32. The van der Waals surface area contributed by atoms with Gasteiger partial charge < -0.3 is 24.2 Å². The molecule has 0 spiro atoms. The Morgan fingerprint density at radius 2 is 1.43 bits per heavy atom. The Kier molecular flexibility index (Phi) is 7.96. The average Bonchev–Trinajstić information content (AvgIpc) is 3.50. The zero-order valence-corrected chi connectivity index (χ0v) is 20.2. The minimum atomic E-state index is -0.362. The van der Waals surface area contributed by atoms with Crippen molar-refractivity contribution in [2.45, 2.75) is 12.4 Å². The van der Waals surface area contributed by atoms with Crippen molar-refractivity contribution < 1.29 is 23.8 Å². The first-order chi connectivity index (χ1) is 17.0. The van der Waals surface area contributed by atoms with Crippen LogP contribution in [0, 0.1) is 0 Å². The van der Waals surface area contributed by atoms with E-state index in [-0.39, 0.29) is 11.9 Å². The van der Waals surface area contributed by atoms with Gasteiger partial charge in [0.1, 0.15) is 11.6 Å². The van der Waals surface area contributed by atoms with Crippen molar-refractivity contribution in [3.63, 3.8) is 0 Å². The van der Waals surface area contributed by atoms with Crippen LogP contribution in [0.15, 0.2) is 36.4 Å². The number of benzene rings is 2. The maximum atomic E-state index is 11.5. The number of aromatic nitrogens is 4. The van der Waals surface area contributed by atoms with E-state index in [1.54, 1.807) is 30.3 Å². The Morgan fingerprint density at radius 1 is 0.914 bits per heavy atom. The van der Waals surface area contributed by atoms with E-state index in [0.29, 0.717) is 22.8 Å². The van der Waals surface area contributed by atoms with E-state index in [1.165, 1.54) is 14.2 Å². The highest BCUT2D eigenvalue weighted by Crippen LogP contribution is 2.17. The number of halogens is 1. The lowest BCUT2D eigenvalue weighted by molar-refractivity contribution is 0.0332. The fourth-order valence-corrected chi connectivity index (χ4v) is 3.85. The zero-order chi connectivity index (χ0) is 24.8. The summed E-state index contributed by atoms with van der Waals surface area (Å²) >= 11 is 5.64. The van der Waals surface area contributed by atoms with Crippen LogP contribution in [-0.4, -0.2) is 77.3 Å². The van der Waals surface area contributed by atoms with Crippen molar-refractivity contribution in [3.8, 4) is 0 Å². The molecule has 2 N–H and O–H groups in total. The monoisotopic (exact) mass is 499 g/mol. The third kappa shape index (κ3) is 5.97. The number of morpholine rings is 1. The largest absolute Gasteiger partial charge is 0.465 e. The topological polar surface area (TPSA) is 122 Å². The Bertz CT molecular complexity index is 1330. The smallest absolute Gasteiger partial charge is 0.337 e. The molecule has 2 aromatic carbocycles. The summed E-state index contributed by atoms with van der Waals surface area (Å²) in [6.07, 6.45) is 0. The number of esters is 2. The molecule has 0 radical (unpaired) electrons. The molecule has 3 heterocycles. The summed E-state index contributed by atoms with van der Waals surface area (Å²) in [6.45, 7) is 4.15. The molecular weight excluding hydrogens is 474 g/mol. The maximum absolute atomic E-state index is 11.5. The van der Waals surface area contributed by atoms with Crippen LogP contribution in [0.5, 0.6) is 0 Å². The van der Waals surface area contributed by atoms with Gasteiger partial charge in [-0.15, -0.1) is 11.6 Å². The van der Waals surface area contributed by atoms with E-state index in [1.807, 2.05) is 6.07 Å². The van der Waals surface area contributed by atoms with Gasteiger partial charge >= 0.3 is 11.9 Å². The highest BCUT2D eigenvalue weighted by atomic mass is 35.5. The van der Waals surface area contributed by atoms with Gasteiger partial charge in [-0.05, 0) is 36.4 Å². The lowest BCUT2D eigenvalue weighted by atomic mass is 10.2. The zero-order valence-electron chi connectivity index (χ0n) is 19.5. The summed E-state index contributed by atoms with van der Waals surface area (Å²) < 4.78 is 14.7. The van der Waals surface area contributed by atoms with Gasteiger partial charge in [-0.1, -0.05) is 0 Å². The fourth-order valence-electron chi connectivity index (χ4n) is 3.72. The number of hydrogen-bond acceptors (Lipinski definition) is 8. The number of methoxy groups -OCH3 is 2. The molecule has 1 aliphatic heterocycles. The first kappa shape index (κ1) is 24.6. The van der Waals surface area contributed by atoms with Crippen LogP contribution >= 0.6 is 11.6 Å². The SMILES string of the molecule is COC(=O)c1ccc2nc(CCl)[nH]c2c1.COC(=O)c1ccc2nc(CN3CCOCC3)[nH]c2c1. The number of ether oxygens (including phenoxy) is 3. The van der Waals surface area contributed by atoms with E-state index in [9.17, 15) is 9.59 Å². The number of rotatable bonds is 5. The Balaban J connectivity index is 0.000000172. The summed E-state index contributed by atoms with van der Waals surface area (Å²) in [5.74, 6) is 1.22. The molecule has 184 valence electrons. The second-order valence-electron chi connectivity index (χ2n) is 7.84. The average molecular weight is 500 g/mol. The minimum Gasteiger partial charge on any atom is -0.465 e. The van der Waals surface area contributed by atoms with Crippen molar-refractivity contribution >= 4 is 45.6 Å². The molecule has 1 fully saturated rings. The van der Waals surface area contributed by atoms with E-state index >= 15 is 0 Å². The third-order valence-corrected chi connectivity index (χ3v) is 5.76. The fraction of sp³-hybridized carbons (Fsp3) is 0.333. The lowest BCUT2D eigenvalue weighted by Gasteiger charge is -2.25. The highest BCUT2D eigenvalue weighted by Gasteiger charge is 2.14. The van der Waals surface area contributed by atoms with E-state index < -0.39 is 0 Å². The molecule has 0 aliphatic carbocycles. The molecule has 10 nitrogen and oxygen atoms in total. The number of imidazole rings is 2. The van der Waals surface area contributed by atoms with Gasteiger partial charge in [0.2, 0.25) is 0 Å². The summed E-state index contributed by atoms with van der Waals surface area (Å²) in [7, 11) is 2.73. The van der Waals surface area contributed by atoms with Crippen LogP contribution in [0.3, 0.4) is 0 Å². The van der Waals surface area contributed by atoms with Crippen LogP contribution < -0.4 is 0 Å². The number of fused-ring (bicyclic) bond motifs is 2. The van der Waals surface area contributed by atoms with Gasteiger partial charge in [0.05, 0.1) is 73.1 Å². The van der Waals surface area contributed by atoms with E-state index in [2.05, 4.69) is 29.6 Å². The molecule has 0 atom stereocenters. The van der Waals surface area contributed by atoms with Crippen molar-refractivity contribution in [1.82, 2.24) is 24.8 Å².